The SMILES string of the molecule is C=Nc1sc2c(c1/C=N\C)c1c3ccccc3sc1c1c2c2ccccc2n1-c1nc(-c2ccccc2)nc(-c2ccccc2)n1. The maximum absolute atomic E-state index is 5.18. The minimum absolute atomic E-state index is 0.575. The van der Waals surface area contributed by atoms with E-state index in [9.17, 15) is 0 Å². The van der Waals surface area contributed by atoms with Crippen LogP contribution in [0.2, 0.25) is 0 Å². The smallest absolute Gasteiger partial charge is 0.238 e. The average Bonchev–Trinajstić information content (AvgIpc) is 3.78. The lowest BCUT2D eigenvalue weighted by Gasteiger charge is -2.11. The molecule has 0 aliphatic heterocycles. The number of nitrogens with zero attached hydrogens (tertiary/aromatic N) is 6. The van der Waals surface area contributed by atoms with E-state index in [1.165, 1.54) is 20.2 Å². The molecule has 0 unspecified atom stereocenters. The lowest BCUT2D eigenvalue weighted by molar-refractivity contribution is 0.955. The molecule has 0 spiro atoms. The number of aliphatic imine (C=N–C) groups is 2. The third kappa shape index (κ3) is 3.90. The van der Waals surface area contributed by atoms with Crippen molar-refractivity contribution in [1.82, 2.24) is 19.5 Å². The maximum atomic E-state index is 5.18. The van der Waals surface area contributed by atoms with Gasteiger partial charge in [0.05, 0.1) is 15.7 Å². The standard InChI is InChI=1S/C38H24N6S2/c1-39-21-26-30-29-25-18-10-12-20-28(25)45-34(29)32-31(33(30)46-37(26)40-2)24-17-9-11-19-27(24)44(32)38-42-35(22-13-5-3-6-14-22)41-36(43-38)23-15-7-4-8-16-23/h3-21H,2H2,1H3/b39-21-. The number of benzene rings is 5. The Labute approximate surface area is 271 Å². The van der Waals surface area contributed by atoms with Gasteiger partial charge in [0.1, 0.15) is 5.00 Å². The fourth-order valence-corrected chi connectivity index (χ4v) is 8.87. The third-order valence-electron chi connectivity index (χ3n) is 8.38. The van der Waals surface area contributed by atoms with Crippen molar-refractivity contribution in [2.24, 2.45) is 9.98 Å². The number of rotatable bonds is 5. The number of thiophene rings is 2. The van der Waals surface area contributed by atoms with E-state index in [1.807, 2.05) is 66.9 Å². The van der Waals surface area contributed by atoms with Crippen LogP contribution in [0.4, 0.5) is 5.00 Å². The second-order valence-electron chi connectivity index (χ2n) is 11.0. The van der Waals surface area contributed by atoms with Crippen LogP contribution >= 0.6 is 22.7 Å². The molecule has 9 rings (SSSR count). The van der Waals surface area contributed by atoms with Crippen LogP contribution in [-0.2, 0) is 0 Å². The normalized spacial score (nSPS) is 12.0. The molecule has 0 bridgehead atoms. The van der Waals surface area contributed by atoms with Gasteiger partial charge in [-0.1, -0.05) is 97.1 Å². The second kappa shape index (κ2) is 10.5. The summed E-state index contributed by atoms with van der Waals surface area (Å²) in [5.74, 6) is 1.82. The lowest BCUT2D eigenvalue weighted by Crippen LogP contribution is -2.06. The zero-order valence-corrected chi connectivity index (χ0v) is 26.3. The first-order chi connectivity index (χ1) is 22.7. The molecule has 0 radical (unpaired) electrons. The van der Waals surface area contributed by atoms with Crippen LogP contribution < -0.4 is 0 Å². The molecule has 4 aromatic heterocycles. The summed E-state index contributed by atoms with van der Waals surface area (Å²) in [6.45, 7) is 3.94. The molecular weight excluding hydrogens is 605 g/mol. The number of para-hydroxylation sites is 1. The van der Waals surface area contributed by atoms with E-state index in [0.29, 0.717) is 17.6 Å². The molecule has 0 atom stereocenters. The molecule has 0 fully saturated rings. The van der Waals surface area contributed by atoms with Gasteiger partial charge in [0.25, 0.3) is 0 Å². The molecule has 0 aliphatic carbocycles. The maximum Gasteiger partial charge on any atom is 0.238 e. The van der Waals surface area contributed by atoms with Crippen molar-refractivity contribution in [3.63, 3.8) is 0 Å². The molecule has 4 heterocycles. The van der Waals surface area contributed by atoms with E-state index in [0.717, 1.165) is 53.6 Å². The van der Waals surface area contributed by atoms with Gasteiger partial charge in [-0.2, -0.15) is 9.97 Å². The monoisotopic (exact) mass is 628 g/mol. The van der Waals surface area contributed by atoms with Crippen LogP contribution in [-0.4, -0.2) is 39.5 Å². The van der Waals surface area contributed by atoms with Gasteiger partial charge < -0.3 is 0 Å². The van der Waals surface area contributed by atoms with Crippen LogP contribution in [0.25, 0.3) is 80.8 Å². The third-order valence-corrected chi connectivity index (χ3v) is 10.7. The van der Waals surface area contributed by atoms with Crippen molar-refractivity contribution in [3.8, 4) is 28.7 Å². The van der Waals surface area contributed by atoms with Crippen LogP contribution in [0, 0.1) is 0 Å². The largest absolute Gasteiger partial charge is 0.296 e. The molecule has 6 nitrogen and oxygen atoms in total. The lowest BCUT2D eigenvalue weighted by atomic mass is 10.0. The van der Waals surface area contributed by atoms with Crippen molar-refractivity contribution >= 4 is 92.7 Å². The summed E-state index contributed by atoms with van der Waals surface area (Å²) in [6, 6.07) is 37.4. The average molecular weight is 629 g/mol. The summed E-state index contributed by atoms with van der Waals surface area (Å²) >= 11 is 3.46. The highest BCUT2D eigenvalue weighted by Crippen LogP contribution is 2.52. The molecule has 0 aliphatic rings. The van der Waals surface area contributed by atoms with Crippen LogP contribution in [0.15, 0.2) is 119 Å². The van der Waals surface area contributed by atoms with Crippen LogP contribution in [0.3, 0.4) is 0 Å². The molecule has 218 valence electrons. The molecule has 9 aromatic rings. The summed E-state index contributed by atoms with van der Waals surface area (Å²) in [5.41, 5.74) is 4.97. The number of fused-ring (bicyclic) bond motifs is 10. The second-order valence-corrected chi connectivity index (χ2v) is 13.0. The minimum Gasteiger partial charge on any atom is -0.296 e. The summed E-state index contributed by atoms with van der Waals surface area (Å²) < 4.78 is 5.77. The molecule has 0 N–H and O–H groups in total. The van der Waals surface area contributed by atoms with E-state index < -0.39 is 0 Å². The zero-order valence-electron chi connectivity index (χ0n) is 24.7. The van der Waals surface area contributed by atoms with Gasteiger partial charge in [-0.3, -0.25) is 14.6 Å². The fourth-order valence-electron chi connectivity index (χ4n) is 6.47. The molecule has 46 heavy (non-hydrogen) atoms. The van der Waals surface area contributed by atoms with Crippen LogP contribution in [0.1, 0.15) is 5.56 Å². The Balaban J connectivity index is 1.52. The van der Waals surface area contributed by atoms with Crippen molar-refractivity contribution in [1.29, 1.82) is 0 Å². The molecule has 8 heteroatoms. The molecule has 5 aromatic carbocycles. The first-order valence-electron chi connectivity index (χ1n) is 14.8. The van der Waals surface area contributed by atoms with E-state index in [-0.39, 0.29) is 0 Å². The Hall–Kier alpha value is -5.57. The predicted octanol–water partition coefficient (Wildman–Crippen LogP) is 10.3. The van der Waals surface area contributed by atoms with Gasteiger partial charge in [0.15, 0.2) is 11.6 Å². The summed E-state index contributed by atoms with van der Waals surface area (Å²) in [5, 5.41) is 6.69. The molecule has 0 amide bonds. The Morgan fingerprint density at radius 2 is 1.28 bits per heavy atom. The Morgan fingerprint density at radius 3 is 1.96 bits per heavy atom. The van der Waals surface area contributed by atoms with Gasteiger partial charge in [0.2, 0.25) is 5.95 Å². The topological polar surface area (TPSA) is 68.3 Å². The van der Waals surface area contributed by atoms with Crippen molar-refractivity contribution in [2.45, 2.75) is 0 Å². The number of aromatic nitrogens is 4. The van der Waals surface area contributed by atoms with Gasteiger partial charge in [-0.15, -0.1) is 22.7 Å². The minimum atomic E-state index is 0.575. The highest BCUT2D eigenvalue weighted by Gasteiger charge is 2.27. The van der Waals surface area contributed by atoms with Crippen molar-refractivity contribution in [2.75, 3.05) is 7.05 Å². The van der Waals surface area contributed by atoms with Crippen molar-refractivity contribution < 1.29 is 0 Å². The van der Waals surface area contributed by atoms with E-state index >= 15 is 0 Å². The summed E-state index contributed by atoms with van der Waals surface area (Å²) in [6.07, 6.45) is 1.92. The highest BCUT2D eigenvalue weighted by atomic mass is 32.1. The summed E-state index contributed by atoms with van der Waals surface area (Å²) in [7, 11) is 1.80. The van der Waals surface area contributed by atoms with Gasteiger partial charge in [-0.25, -0.2) is 4.98 Å². The first kappa shape index (κ1) is 26.8. The molecular formula is C38H24N6S2. The highest BCUT2D eigenvalue weighted by molar-refractivity contribution is 7.28. The molecule has 0 saturated carbocycles. The fraction of sp³-hybridized carbons (Fsp3) is 0.0263. The molecule has 0 saturated heterocycles. The number of hydrogen-bond donors (Lipinski definition) is 0. The van der Waals surface area contributed by atoms with E-state index in [1.54, 1.807) is 29.7 Å². The Kier molecular flexibility index (Phi) is 6.12. The zero-order chi connectivity index (χ0) is 30.8. The first-order valence-corrected chi connectivity index (χ1v) is 16.5. The van der Waals surface area contributed by atoms with Gasteiger partial charge >= 0.3 is 0 Å². The van der Waals surface area contributed by atoms with Gasteiger partial charge in [0, 0.05) is 66.3 Å². The quantitative estimate of drug-likeness (QED) is 0.178. The predicted molar refractivity (Wildman–Crippen MR) is 196 cm³/mol. The number of hydrogen-bond acceptors (Lipinski definition) is 7. The van der Waals surface area contributed by atoms with Crippen LogP contribution in [0.5, 0.6) is 0 Å². The summed E-state index contributed by atoms with van der Waals surface area (Å²) in [4.78, 5) is 24.3. The Bertz CT molecular complexity index is 2610. The van der Waals surface area contributed by atoms with E-state index in [2.05, 4.69) is 69.8 Å². The van der Waals surface area contributed by atoms with Gasteiger partial charge in [-0.05, 0) is 18.9 Å². The Morgan fingerprint density at radius 1 is 0.652 bits per heavy atom. The van der Waals surface area contributed by atoms with E-state index in [4.69, 9.17) is 15.0 Å². The van der Waals surface area contributed by atoms with Crippen molar-refractivity contribution in [3.05, 3.63) is 115 Å².